The Balaban J connectivity index is 2.84. The molecular formula is C13H19ClO3S. The average Bonchev–Trinajstić information content (AvgIpc) is 2.28. The monoisotopic (exact) mass is 290 g/mol. The third-order valence-electron chi connectivity index (χ3n) is 3.28. The summed E-state index contributed by atoms with van der Waals surface area (Å²) in [6.07, 6.45) is 1.72. The molecule has 0 aliphatic carbocycles. The first-order chi connectivity index (χ1) is 8.18. The number of methoxy groups -OCH3 is 1. The van der Waals surface area contributed by atoms with E-state index in [4.69, 9.17) is 16.3 Å². The van der Waals surface area contributed by atoms with E-state index in [9.17, 15) is 8.42 Å². The third kappa shape index (κ3) is 3.39. The van der Waals surface area contributed by atoms with E-state index in [2.05, 4.69) is 0 Å². The molecule has 1 unspecified atom stereocenters. The van der Waals surface area contributed by atoms with Gasteiger partial charge in [0.05, 0.1) is 17.2 Å². The molecular weight excluding hydrogens is 272 g/mol. The van der Waals surface area contributed by atoms with Crippen LogP contribution in [0, 0.1) is 0 Å². The summed E-state index contributed by atoms with van der Waals surface area (Å²) in [5.41, 5.74) is 0.993. The standard InChI is InChI=1S/C13H19ClO3S/c1-13(2,18(4,15)16)12(14)9-10-5-7-11(17-3)8-6-10/h5-8,12H,9H2,1-4H3. The van der Waals surface area contributed by atoms with Crippen molar-refractivity contribution < 1.29 is 13.2 Å². The summed E-state index contributed by atoms with van der Waals surface area (Å²) in [5, 5.41) is -0.471. The van der Waals surface area contributed by atoms with E-state index in [1.807, 2.05) is 24.3 Å². The summed E-state index contributed by atoms with van der Waals surface area (Å²) in [4.78, 5) is 0. The average molecular weight is 291 g/mol. The van der Waals surface area contributed by atoms with Crippen molar-refractivity contribution in [2.24, 2.45) is 0 Å². The number of sulfone groups is 1. The summed E-state index contributed by atoms with van der Waals surface area (Å²) >= 11 is 6.25. The number of hydrogen-bond donors (Lipinski definition) is 0. The van der Waals surface area contributed by atoms with Crippen LogP contribution < -0.4 is 4.74 Å². The van der Waals surface area contributed by atoms with Gasteiger partial charge in [0.15, 0.2) is 9.84 Å². The molecule has 0 saturated carbocycles. The van der Waals surface area contributed by atoms with Gasteiger partial charge in [-0.3, -0.25) is 0 Å². The lowest BCUT2D eigenvalue weighted by molar-refractivity contribution is 0.414. The lowest BCUT2D eigenvalue weighted by Gasteiger charge is -2.28. The van der Waals surface area contributed by atoms with Crippen LogP contribution in [0.1, 0.15) is 19.4 Å². The van der Waals surface area contributed by atoms with Gasteiger partial charge < -0.3 is 4.74 Å². The smallest absolute Gasteiger partial charge is 0.154 e. The zero-order valence-corrected chi connectivity index (χ0v) is 12.7. The maximum Gasteiger partial charge on any atom is 0.154 e. The van der Waals surface area contributed by atoms with Crippen LogP contribution in [0.4, 0.5) is 0 Å². The zero-order valence-electron chi connectivity index (χ0n) is 11.1. The quantitative estimate of drug-likeness (QED) is 0.783. The van der Waals surface area contributed by atoms with Gasteiger partial charge >= 0.3 is 0 Å². The molecule has 0 fully saturated rings. The molecule has 0 N–H and O–H groups in total. The molecule has 0 aliphatic rings. The molecule has 0 heterocycles. The van der Waals surface area contributed by atoms with Crippen molar-refractivity contribution in [1.29, 1.82) is 0 Å². The zero-order chi connectivity index (χ0) is 14.0. The number of benzene rings is 1. The van der Waals surface area contributed by atoms with Crippen LogP contribution in [-0.4, -0.2) is 31.9 Å². The van der Waals surface area contributed by atoms with Crippen molar-refractivity contribution in [1.82, 2.24) is 0 Å². The molecule has 1 atom stereocenters. The summed E-state index contributed by atoms with van der Waals surface area (Å²) < 4.78 is 27.5. The molecule has 0 aromatic heterocycles. The second kappa shape index (κ2) is 5.49. The van der Waals surface area contributed by atoms with Crippen LogP contribution in [-0.2, 0) is 16.3 Å². The van der Waals surface area contributed by atoms with Crippen LogP contribution in [0.2, 0.25) is 0 Å². The molecule has 0 aliphatic heterocycles. The molecule has 5 heteroatoms. The number of alkyl halides is 1. The largest absolute Gasteiger partial charge is 0.497 e. The summed E-state index contributed by atoms with van der Waals surface area (Å²) in [5.74, 6) is 0.771. The van der Waals surface area contributed by atoms with Crippen molar-refractivity contribution in [3.05, 3.63) is 29.8 Å². The van der Waals surface area contributed by atoms with E-state index < -0.39 is 20.0 Å². The van der Waals surface area contributed by atoms with E-state index in [1.54, 1.807) is 21.0 Å². The van der Waals surface area contributed by atoms with Crippen molar-refractivity contribution in [2.45, 2.75) is 30.4 Å². The highest BCUT2D eigenvalue weighted by atomic mass is 35.5. The Kier molecular flexibility index (Phi) is 4.67. The fraction of sp³-hybridized carbons (Fsp3) is 0.538. The Morgan fingerprint density at radius 3 is 2.17 bits per heavy atom. The highest BCUT2D eigenvalue weighted by Crippen LogP contribution is 2.28. The number of hydrogen-bond acceptors (Lipinski definition) is 3. The van der Waals surface area contributed by atoms with Crippen molar-refractivity contribution in [2.75, 3.05) is 13.4 Å². The van der Waals surface area contributed by atoms with Gasteiger partial charge in [-0.15, -0.1) is 11.6 Å². The lowest BCUT2D eigenvalue weighted by atomic mass is 10.0. The summed E-state index contributed by atoms with van der Waals surface area (Å²) in [7, 11) is -1.59. The maximum absolute atomic E-state index is 11.7. The predicted octanol–water partition coefficient (Wildman–Crippen LogP) is 2.67. The first kappa shape index (κ1) is 15.3. The SMILES string of the molecule is COc1ccc(CC(Cl)C(C)(C)S(C)(=O)=O)cc1. The van der Waals surface area contributed by atoms with Gasteiger partial charge in [0.1, 0.15) is 5.75 Å². The van der Waals surface area contributed by atoms with E-state index in [1.165, 1.54) is 6.26 Å². The lowest BCUT2D eigenvalue weighted by Crippen LogP contribution is -2.41. The number of ether oxygens (including phenoxy) is 1. The molecule has 0 bridgehead atoms. The van der Waals surface area contributed by atoms with Gasteiger partial charge in [0.25, 0.3) is 0 Å². The first-order valence-electron chi connectivity index (χ1n) is 5.65. The number of rotatable bonds is 5. The van der Waals surface area contributed by atoms with E-state index in [-0.39, 0.29) is 0 Å². The molecule has 1 aromatic carbocycles. The number of halogens is 1. The van der Waals surface area contributed by atoms with Crippen molar-refractivity contribution in [3.8, 4) is 5.75 Å². The summed E-state index contributed by atoms with van der Waals surface area (Å²) in [6, 6.07) is 7.47. The first-order valence-corrected chi connectivity index (χ1v) is 7.98. The van der Waals surface area contributed by atoms with Gasteiger partial charge in [-0.2, -0.15) is 0 Å². The van der Waals surface area contributed by atoms with Crippen molar-refractivity contribution >= 4 is 21.4 Å². The molecule has 0 saturated heterocycles. The minimum atomic E-state index is -3.19. The van der Waals surface area contributed by atoms with Crippen LogP contribution in [0.5, 0.6) is 5.75 Å². The molecule has 1 aromatic rings. The van der Waals surface area contributed by atoms with Crippen LogP contribution >= 0.6 is 11.6 Å². The molecule has 3 nitrogen and oxygen atoms in total. The Hall–Kier alpha value is -0.740. The van der Waals surface area contributed by atoms with E-state index >= 15 is 0 Å². The van der Waals surface area contributed by atoms with E-state index in [0.717, 1.165) is 11.3 Å². The second-order valence-corrected chi connectivity index (χ2v) is 8.02. The maximum atomic E-state index is 11.7. The third-order valence-corrected chi connectivity index (χ3v) is 6.31. The highest BCUT2D eigenvalue weighted by Gasteiger charge is 2.37. The minimum Gasteiger partial charge on any atom is -0.497 e. The molecule has 0 amide bonds. The van der Waals surface area contributed by atoms with Crippen molar-refractivity contribution in [3.63, 3.8) is 0 Å². The Labute approximate surface area is 114 Å². The van der Waals surface area contributed by atoms with Gasteiger partial charge in [0, 0.05) is 6.26 Å². The van der Waals surface area contributed by atoms with Crippen LogP contribution in [0.25, 0.3) is 0 Å². The van der Waals surface area contributed by atoms with Crippen LogP contribution in [0.3, 0.4) is 0 Å². The van der Waals surface area contributed by atoms with Crippen LogP contribution in [0.15, 0.2) is 24.3 Å². The fourth-order valence-corrected chi connectivity index (χ4v) is 2.66. The fourth-order valence-electron chi connectivity index (χ4n) is 1.45. The highest BCUT2D eigenvalue weighted by molar-refractivity contribution is 7.92. The normalized spacial score (nSPS) is 14.3. The molecule has 102 valence electrons. The molecule has 0 radical (unpaired) electrons. The second-order valence-electron chi connectivity index (χ2n) is 4.90. The topological polar surface area (TPSA) is 43.4 Å². The van der Waals surface area contributed by atoms with Gasteiger partial charge in [-0.1, -0.05) is 12.1 Å². The minimum absolute atomic E-state index is 0.471. The summed E-state index contributed by atoms with van der Waals surface area (Å²) in [6.45, 7) is 3.31. The van der Waals surface area contributed by atoms with Gasteiger partial charge in [-0.05, 0) is 38.0 Å². The van der Waals surface area contributed by atoms with Gasteiger partial charge in [0.2, 0.25) is 0 Å². The predicted molar refractivity (Wildman–Crippen MR) is 75.3 cm³/mol. The van der Waals surface area contributed by atoms with E-state index in [0.29, 0.717) is 6.42 Å². The Morgan fingerprint density at radius 2 is 1.78 bits per heavy atom. The molecule has 1 rings (SSSR count). The Morgan fingerprint density at radius 1 is 1.28 bits per heavy atom. The molecule has 18 heavy (non-hydrogen) atoms. The molecule has 0 spiro atoms. The van der Waals surface area contributed by atoms with Gasteiger partial charge in [-0.25, -0.2) is 8.42 Å². The Bertz CT molecular complexity index is 491.